The second-order valence-electron chi connectivity index (χ2n) is 8.54. The number of rotatable bonds is 7. The van der Waals surface area contributed by atoms with E-state index in [1.54, 1.807) is 42.5 Å². The lowest BCUT2D eigenvalue weighted by Crippen LogP contribution is -2.28. The molecule has 1 amide bonds. The number of nitrogens with one attached hydrogen (secondary N) is 2. The van der Waals surface area contributed by atoms with Crippen LogP contribution in [0.25, 0.3) is 11.2 Å². The summed E-state index contributed by atoms with van der Waals surface area (Å²) >= 11 is 0. The van der Waals surface area contributed by atoms with E-state index in [2.05, 4.69) is 20.3 Å². The Morgan fingerprint density at radius 3 is 2.68 bits per heavy atom. The maximum Gasteiger partial charge on any atom is 0.297 e. The molecule has 1 fully saturated rings. The van der Waals surface area contributed by atoms with Gasteiger partial charge in [-0.3, -0.25) is 28.6 Å². The Morgan fingerprint density at radius 1 is 1.22 bits per heavy atom. The molecule has 3 atom stereocenters. The molecule has 0 bridgehead atoms. The van der Waals surface area contributed by atoms with Gasteiger partial charge in [0.2, 0.25) is 5.95 Å². The van der Waals surface area contributed by atoms with Gasteiger partial charge in [0, 0.05) is 12.0 Å². The fraction of sp³-hybridized carbons (Fsp3) is 0.250. The molecular formula is C24H23N5O7S. The molecule has 2 aromatic carbocycles. The molecule has 0 saturated carbocycles. The molecule has 192 valence electrons. The third-order valence-electron chi connectivity index (χ3n) is 5.91. The number of imidazole rings is 1. The zero-order valence-electron chi connectivity index (χ0n) is 19.6. The van der Waals surface area contributed by atoms with Crippen LogP contribution in [-0.4, -0.2) is 57.8 Å². The Morgan fingerprint density at radius 2 is 1.95 bits per heavy atom. The average molecular weight is 526 g/mol. The number of aliphatic hydroxyl groups excluding tert-OH is 1. The quantitative estimate of drug-likeness (QED) is 0.305. The first kappa shape index (κ1) is 24.8. The van der Waals surface area contributed by atoms with Crippen molar-refractivity contribution in [3.63, 3.8) is 0 Å². The van der Waals surface area contributed by atoms with E-state index in [0.717, 1.165) is 5.56 Å². The molecule has 4 aromatic rings. The zero-order valence-corrected chi connectivity index (χ0v) is 20.4. The first-order valence-corrected chi connectivity index (χ1v) is 12.7. The van der Waals surface area contributed by atoms with Crippen molar-refractivity contribution in [2.24, 2.45) is 0 Å². The topological polar surface area (TPSA) is 165 Å². The molecule has 3 heterocycles. The smallest absolute Gasteiger partial charge is 0.297 e. The minimum atomic E-state index is -4.05. The molecule has 37 heavy (non-hydrogen) atoms. The van der Waals surface area contributed by atoms with Gasteiger partial charge < -0.3 is 9.84 Å². The third-order valence-corrected chi connectivity index (χ3v) is 7.21. The highest BCUT2D eigenvalue weighted by Crippen LogP contribution is 2.31. The number of aryl methyl sites for hydroxylation is 1. The zero-order chi connectivity index (χ0) is 26.2. The summed E-state index contributed by atoms with van der Waals surface area (Å²) in [5, 5.41) is 13.1. The molecule has 12 nitrogen and oxygen atoms in total. The highest BCUT2D eigenvalue weighted by Gasteiger charge is 2.37. The predicted octanol–water partition coefficient (Wildman–Crippen LogP) is 1.73. The lowest BCUT2D eigenvalue weighted by Gasteiger charge is -2.16. The number of H-pyrrole nitrogens is 1. The molecule has 5 rings (SSSR count). The van der Waals surface area contributed by atoms with Crippen LogP contribution in [0.3, 0.4) is 0 Å². The average Bonchev–Trinajstić information content (AvgIpc) is 3.47. The van der Waals surface area contributed by atoms with Crippen molar-refractivity contribution in [3.8, 4) is 0 Å². The van der Waals surface area contributed by atoms with E-state index < -0.39 is 46.6 Å². The van der Waals surface area contributed by atoms with Gasteiger partial charge in [-0.25, -0.2) is 4.98 Å². The van der Waals surface area contributed by atoms with Gasteiger partial charge in [-0.15, -0.1) is 0 Å². The fourth-order valence-corrected chi connectivity index (χ4v) is 4.85. The van der Waals surface area contributed by atoms with Crippen LogP contribution >= 0.6 is 0 Å². The van der Waals surface area contributed by atoms with E-state index in [1.165, 1.54) is 23.0 Å². The molecule has 0 radical (unpaired) electrons. The van der Waals surface area contributed by atoms with E-state index >= 15 is 0 Å². The number of hydrogen-bond donors (Lipinski definition) is 3. The van der Waals surface area contributed by atoms with Gasteiger partial charge in [-0.1, -0.05) is 35.9 Å². The van der Waals surface area contributed by atoms with Crippen LogP contribution in [0.5, 0.6) is 0 Å². The number of ether oxygens (including phenoxy) is 1. The van der Waals surface area contributed by atoms with Gasteiger partial charge >= 0.3 is 0 Å². The Labute approximate surface area is 211 Å². The summed E-state index contributed by atoms with van der Waals surface area (Å²) in [4.78, 5) is 35.9. The van der Waals surface area contributed by atoms with Crippen molar-refractivity contribution in [3.05, 3.63) is 82.4 Å². The SMILES string of the molecule is Cc1ccc(S(=O)(=O)OCC2OC(n3cnc4c(=O)[nH]c(NC(=O)c5ccccc5)nc43)CC2O)cc1. The molecule has 3 unspecified atom stereocenters. The van der Waals surface area contributed by atoms with Crippen LogP contribution in [0.1, 0.15) is 28.6 Å². The first-order valence-electron chi connectivity index (χ1n) is 11.3. The number of aliphatic hydroxyl groups is 1. The van der Waals surface area contributed by atoms with Crippen molar-refractivity contribution >= 4 is 33.1 Å². The Kier molecular flexibility index (Phi) is 6.60. The number of carbonyl (C=O) groups is 1. The summed E-state index contributed by atoms with van der Waals surface area (Å²) in [7, 11) is -4.05. The normalized spacial score (nSPS) is 19.8. The molecule has 0 aliphatic carbocycles. The monoisotopic (exact) mass is 525 g/mol. The van der Waals surface area contributed by atoms with E-state index in [1.807, 2.05) is 6.92 Å². The summed E-state index contributed by atoms with van der Waals surface area (Å²) in [5.41, 5.74) is 0.842. The van der Waals surface area contributed by atoms with Crippen molar-refractivity contribution in [2.75, 3.05) is 11.9 Å². The van der Waals surface area contributed by atoms with Gasteiger partial charge in [0.25, 0.3) is 21.6 Å². The molecule has 13 heteroatoms. The van der Waals surface area contributed by atoms with Crippen LogP contribution in [0, 0.1) is 6.92 Å². The third kappa shape index (κ3) is 5.15. The van der Waals surface area contributed by atoms with Gasteiger partial charge in [-0.05, 0) is 31.2 Å². The molecule has 1 aliphatic rings. The van der Waals surface area contributed by atoms with Crippen LogP contribution < -0.4 is 10.9 Å². The molecule has 0 spiro atoms. The largest absolute Gasteiger partial charge is 0.390 e. The predicted molar refractivity (Wildman–Crippen MR) is 131 cm³/mol. The molecule has 2 aromatic heterocycles. The van der Waals surface area contributed by atoms with E-state index in [-0.39, 0.29) is 28.4 Å². The summed E-state index contributed by atoms with van der Waals surface area (Å²) in [5.74, 6) is -0.551. The maximum atomic E-state index is 12.5. The Balaban J connectivity index is 1.32. The molecular weight excluding hydrogens is 502 g/mol. The van der Waals surface area contributed by atoms with Gasteiger partial charge in [0.15, 0.2) is 11.2 Å². The number of carbonyl (C=O) groups excluding carboxylic acids is 1. The Hall–Kier alpha value is -3.91. The number of nitrogens with zero attached hydrogens (tertiary/aromatic N) is 3. The van der Waals surface area contributed by atoms with E-state index in [4.69, 9.17) is 8.92 Å². The van der Waals surface area contributed by atoms with Crippen molar-refractivity contribution in [2.45, 2.75) is 36.7 Å². The lowest BCUT2D eigenvalue weighted by molar-refractivity contribution is -0.0371. The van der Waals surface area contributed by atoms with Gasteiger partial charge in [0.05, 0.1) is 23.9 Å². The number of aromatic nitrogens is 4. The Bertz CT molecular complexity index is 1600. The lowest BCUT2D eigenvalue weighted by atomic mass is 10.2. The van der Waals surface area contributed by atoms with Crippen LogP contribution in [0.15, 0.2) is 70.6 Å². The van der Waals surface area contributed by atoms with Gasteiger partial charge in [0.1, 0.15) is 12.3 Å². The van der Waals surface area contributed by atoms with Crippen molar-refractivity contribution < 1.29 is 27.2 Å². The van der Waals surface area contributed by atoms with Crippen LogP contribution in [-0.2, 0) is 19.0 Å². The summed E-state index contributed by atoms with van der Waals surface area (Å²) in [6.45, 7) is 1.43. The summed E-state index contributed by atoms with van der Waals surface area (Å²) in [6.07, 6.45) is -1.40. The number of anilines is 1. The van der Waals surface area contributed by atoms with E-state index in [0.29, 0.717) is 5.56 Å². The highest BCUT2D eigenvalue weighted by atomic mass is 32.2. The first-order chi connectivity index (χ1) is 17.7. The highest BCUT2D eigenvalue weighted by molar-refractivity contribution is 7.86. The fourth-order valence-electron chi connectivity index (χ4n) is 3.93. The minimum absolute atomic E-state index is 0.00348. The van der Waals surface area contributed by atoms with Crippen molar-refractivity contribution in [1.82, 2.24) is 19.5 Å². The molecule has 3 N–H and O–H groups in total. The second-order valence-corrected chi connectivity index (χ2v) is 10.2. The maximum absolute atomic E-state index is 12.5. The number of amides is 1. The number of aromatic amines is 1. The summed E-state index contributed by atoms with van der Waals surface area (Å²) < 4.78 is 37.4. The second kappa shape index (κ2) is 9.86. The van der Waals surface area contributed by atoms with Crippen LogP contribution in [0.2, 0.25) is 0 Å². The van der Waals surface area contributed by atoms with Gasteiger partial charge in [-0.2, -0.15) is 13.4 Å². The number of hydrogen-bond acceptors (Lipinski definition) is 9. The number of fused-ring (bicyclic) bond motifs is 1. The van der Waals surface area contributed by atoms with Crippen LogP contribution in [0.4, 0.5) is 5.95 Å². The molecule has 1 aliphatic heterocycles. The van der Waals surface area contributed by atoms with Crippen molar-refractivity contribution in [1.29, 1.82) is 0 Å². The molecule has 1 saturated heterocycles. The van der Waals surface area contributed by atoms with E-state index in [9.17, 15) is 23.1 Å². The number of benzene rings is 2. The summed E-state index contributed by atoms with van der Waals surface area (Å²) in [6, 6.07) is 14.6. The standard InChI is InChI=1S/C24H23N5O7S/c1-14-7-9-16(10-8-14)37(33,34)35-12-18-17(30)11-19(36-18)29-13-25-20-21(29)26-24(28-23(20)32)27-22(31)15-5-3-2-4-6-15/h2-10,13,17-19,30H,11-12H2,1H3,(H2,26,27,28,31,32). The minimum Gasteiger partial charge on any atom is -0.390 e.